The third-order valence-corrected chi connectivity index (χ3v) is 15.2. The molecule has 5 fully saturated rings. The molecular weight excluding hydrogens is 1340 g/mol. The van der Waals surface area contributed by atoms with E-state index in [1.807, 2.05) is 0 Å². The topological polar surface area (TPSA) is 677 Å². The predicted molar refractivity (Wildman–Crippen MR) is 249 cm³/mol. The molecule has 504 valence electrons. The fraction of sp³-hybridized carbons (Fsp3) is 0.941. The highest BCUT2D eigenvalue weighted by molar-refractivity contribution is 7.82. The SMILES string of the molecule is CO[C@@H]1[C@@H](OC)[C@H](O[C@H]2[C@H](OS(=O)(=O)O)[C@@H](O)[C@@H](O[C@H]3[C@H](OC)[C@@H](OS(=O)(=O)O)[C@H](O[C@H]4[C@H](OS(=O)(=O)O)[C@@H](O)[C@@H](O)O[C@@H]4CO)O[C@H]3C(=O)O)O[C@@H]2CO)O[C@H](C(=O)O)[C@H]1O[C@H]1O[C@H](COS(=O)(=O)O)[C@@H](OC)[C@H](OS(=O)(=O)O)[C@H]1OS(=O)(=O)O. The van der Waals surface area contributed by atoms with Crippen LogP contribution in [0.25, 0.3) is 0 Å². The summed E-state index contributed by atoms with van der Waals surface area (Å²) in [6, 6.07) is 0. The maximum atomic E-state index is 13.1. The summed E-state index contributed by atoms with van der Waals surface area (Å²) in [7, 11) is -31.6. The Morgan fingerprint density at radius 1 is 0.360 bits per heavy atom. The monoisotopic (exact) mass is 1390 g/mol. The molecular formula is C34H56O46S6. The normalized spacial score (nSPS) is 39.8. The third kappa shape index (κ3) is 19.5. The first-order valence-corrected chi connectivity index (χ1v) is 31.3. The fourth-order valence-corrected chi connectivity index (χ4v) is 12.0. The molecule has 52 heteroatoms. The Morgan fingerprint density at radius 2 is 0.686 bits per heavy atom. The van der Waals surface area contributed by atoms with Gasteiger partial charge in [-0.1, -0.05) is 0 Å². The quantitative estimate of drug-likeness (QED) is 0.0309. The van der Waals surface area contributed by atoms with E-state index in [1.165, 1.54) is 0 Å². The van der Waals surface area contributed by atoms with E-state index in [-0.39, 0.29) is 0 Å². The number of carboxylic acids is 2. The van der Waals surface area contributed by atoms with Gasteiger partial charge in [0.25, 0.3) is 0 Å². The number of carbonyl (C=O) groups is 2. The van der Waals surface area contributed by atoms with Crippen LogP contribution >= 0.6 is 0 Å². The highest BCUT2D eigenvalue weighted by Gasteiger charge is 2.62. The second-order valence-corrected chi connectivity index (χ2v) is 24.2. The van der Waals surface area contributed by atoms with Gasteiger partial charge in [0.1, 0.15) is 97.7 Å². The number of hydrogen-bond donors (Lipinski definition) is 13. The zero-order chi connectivity index (χ0) is 65.1. The molecule has 25 atom stereocenters. The van der Waals surface area contributed by atoms with Crippen LogP contribution in [0.15, 0.2) is 0 Å². The first kappa shape index (κ1) is 74.2. The van der Waals surface area contributed by atoms with Crippen LogP contribution in [0.2, 0.25) is 0 Å². The molecule has 5 saturated heterocycles. The van der Waals surface area contributed by atoms with Crippen molar-refractivity contribution in [3.63, 3.8) is 0 Å². The van der Waals surface area contributed by atoms with Crippen LogP contribution in [0, 0.1) is 0 Å². The average Bonchev–Trinajstić information content (AvgIpc) is 0.832. The number of aliphatic carboxylic acids is 2. The number of methoxy groups -OCH3 is 4. The number of hydrogen-bond acceptors (Lipinski definition) is 38. The molecule has 0 aromatic heterocycles. The van der Waals surface area contributed by atoms with Crippen molar-refractivity contribution in [3.05, 3.63) is 0 Å². The van der Waals surface area contributed by atoms with E-state index in [0.717, 1.165) is 21.3 Å². The Morgan fingerprint density at radius 3 is 1.08 bits per heavy atom. The minimum absolute atomic E-state index is 0.652. The molecule has 5 aliphatic rings. The first-order chi connectivity index (χ1) is 39.5. The van der Waals surface area contributed by atoms with Gasteiger partial charge in [-0.05, 0) is 0 Å². The third-order valence-electron chi connectivity index (χ3n) is 12.5. The highest BCUT2D eigenvalue weighted by Crippen LogP contribution is 2.40. The molecule has 0 saturated carbocycles. The molecule has 86 heavy (non-hydrogen) atoms. The van der Waals surface area contributed by atoms with Crippen LogP contribution in [0.1, 0.15) is 0 Å². The average molecular weight is 1390 g/mol. The second kappa shape index (κ2) is 29.4. The summed E-state index contributed by atoms with van der Waals surface area (Å²) in [4.78, 5) is 26.0. The first-order valence-electron chi connectivity index (χ1n) is 23.1. The number of carboxylic acid groups (broad SMARTS) is 2. The lowest BCUT2D eigenvalue weighted by Crippen LogP contribution is -2.69. The van der Waals surface area contributed by atoms with Gasteiger partial charge in [-0.25, -0.2) is 34.7 Å². The van der Waals surface area contributed by atoms with Crippen LogP contribution < -0.4 is 0 Å². The lowest BCUT2D eigenvalue weighted by atomic mass is 9.95. The van der Waals surface area contributed by atoms with Gasteiger partial charge < -0.3 is 97.3 Å². The molecule has 0 aliphatic carbocycles. The molecule has 5 heterocycles. The van der Waals surface area contributed by atoms with Crippen molar-refractivity contribution in [1.29, 1.82) is 0 Å². The maximum absolute atomic E-state index is 13.1. The highest BCUT2D eigenvalue weighted by atomic mass is 32.3. The van der Waals surface area contributed by atoms with E-state index in [0.29, 0.717) is 7.11 Å². The molecule has 0 spiro atoms. The molecule has 0 bridgehead atoms. The molecule has 0 unspecified atom stereocenters. The van der Waals surface area contributed by atoms with Crippen LogP contribution in [0.4, 0.5) is 0 Å². The lowest BCUT2D eigenvalue weighted by molar-refractivity contribution is -0.387. The molecule has 5 aliphatic heterocycles. The summed E-state index contributed by atoms with van der Waals surface area (Å²) in [6.07, 6.45) is -62.7. The Kier molecular flexibility index (Phi) is 25.3. The smallest absolute Gasteiger partial charge is 0.397 e. The zero-order valence-corrected chi connectivity index (χ0v) is 48.2. The zero-order valence-electron chi connectivity index (χ0n) is 43.3. The van der Waals surface area contributed by atoms with Crippen molar-refractivity contribution in [1.82, 2.24) is 0 Å². The Labute approximate surface area is 484 Å². The van der Waals surface area contributed by atoms with E-state index in [4.69, 9.17) is 61.6 Å². The maximum Gasteiger partial charge on any atom is 0.397 e. The Hall–Kier alpha value is -2.56. The van der Waals surface area contributed by atoms with E-state index < -0.39 is 248 Å². The van der Waals surface area contributed by atoms with Gasteiger partial charge in [-0.3, -0.25) is 27.3 Å². The van der Waals surface area contributed by atoms with E-state index >= 15 is 0 Å². The van der Waals surface area contributed by atoms with Crippen LogP contribution in [-0.4, -0.2) is 327 Å². The van der Waals surface area contributed by atoms with Gasteiger partial charge in [0.2, 0.25) is 0 Å². The fourth-order valence-electron chi connectivity index (χ4n) is 9.27. The molecule has 46 nitrogen and oxygen atoms in total. The van der Waals surface area contributed by atoms with Gasteiger partial charge >= 0.3 is 74.3 Å². The second-order valence-electron chi connectivity index (χ2n) is 17.9. The Balaban J connectivity index is 1.53. The number of ether oxygens (including phenoxy) is 13. The minimum Gasteiger partial charge on any atom is -0.479 e. The standard InChI is InChI=1S/C34H56O46S6/c1-62-13-10(7-66-81(44,45)46)69-33(27(80-86(59,60)61)22(13)78-84(53,54)55)73-20-18(63-2)25(65-4)32(74-23(20)28(39)40)70-15-9(6-36)68-31(12(38)17(15)77-83(50,51)52)72-21-19(64-3)26(79-85(56,57)58)34(75-24(21)29(41)42)71-14-8(5-35)67-30(43)11(37)16(14)76-82(47,48)49/h8-27,30-38,43H,5-7H2,1-4H3,(H,39,40)(H,41,42)(H,44,45,46)(H,47,48,49)(H,50,51,52)(H,53,54,55)(H,56,57,58)(H,59,60,61)/t8-,9-,10-,11-,12-,13-,14-,15-,16-,17-,18+,19+,20+,21+,22+,23+,24-,25-,26-,27-,30+,31-,32-,33-,34-/m1/s1. The molecule has 0 amide bonds. The molecule has 5 rings (SSSR count). The van der Waals surface area contributed by atoms with Gasteiger partial charge in [0.15, 0.2) is 55.9 Å². The van der Waals surface area contributed by atoms with Gasteiger partial charge in [0.05, 0.1) is 19.8 Å². The van der Waals surface area contributed by atoms with Crippen molar-refractivity contribution in [3.8, 4) is 0 Å². The van der Waals surface area contributed by atoms with Crippen LogP contribution in [-0.2, 0) is 159 Å². The predicted octanol–water partition coefficient (Wildman–Crippen LogP) is -10.2. The van der Waals surface area contributed by atoms with E-state index in [2.05, 4.69) is 25.1 Å². The summed E-state index contributed by atoms with van der Waals surface area (Å²) >= 11 is 0. The summed E-state index contributed by atoms with van der Waals surface area (Å²) in [5.74, 6) is -4.35. The molecule has 13 N–H and O–H groups in total. The Bertz CT molecular complexity index is 2990. The van der Waals surface area contributed by atoms with Crippen molar-refractivity contribution in [2.24, 2.45) is 0 Å². The molecule has 0 aromatic carbocycles. The largest absolute Gasteiger partial charge is 0.479 e. The summed E-state index contributed by atoms with van der Waals surface area (Å²) < 4.78 is 300. The molecule has 0 aromatic rings. The molecule has 0 radical (unpaired) electrons. The van der Waals surface area contributed by atoms with Crippen molar-refractivity contribution < 1.29 is 210 Å². The number of aliphatic hydroxyl groups excluding tert-OH is 5. The summed E-state index contributed by atoms with van der Waals surface area (Å²) in [6.45, 7) is -4.24. The van der Waals surface area contributed by atoms with Crippen LogP contribution in [0.5, 0.6) is 0 Å². The minimum atomic E-state index is -5.94. The number of aliphatic hydroxyl groups is 5. The number of rotatable bonds is 29. The van der Waals surface area contributed by atoms with Gasteiger partial charge in [0, 0.05) is 28.4 Å². The summed E-state index contributed by atoms with van der Waals surface area (Å²) in [5.41, 5.74) is 0. The van der Waals surface area contributed by atoms with Gasteiger partial charge in [-0.15, -0.1) is 0 Å². The van der Waals surface area contributed by atoms with Crippen molar-refractivity contribution >= 4 is 74.3 Å². The van der Waals surface area contributed by atoms with Crippen LogP contribution in [0.3, 0.4) is 0 Å². The summed E-state index contributed by atoms with van der Waals surface area (Å²) in [5, 5.41) is 74.0. The van der Waals surface area contributed by atoms with Crippen molar-refractivity contribution in [2.45, 2.75) is 154 Å². The van der Waals surface area contributed by atoms with E-state index in [1.54, 1.807) is 0 Å². The lowest BCUT2D eigenvalue weighted by Gasteiger charge is -2.50. The van der Waals surface area contributed by atoms with Gasteiger partial charge in [-0.2, -0.15) is 50.5 Å². The van der Waals surface area contributed by atoms with Crippen molar-refractivity contribution in [2.75, 3.05) is 48.3 Å². The van der Waals surface area contributed by atoms with E-state index in [9.17, 15) is 123 Å².